The van der Waals surface area contributed by atoms with Crippen molar-refractivity contribution in [3.05, 3.63) is 0 Å². The maximum atomic E-state index is 12.3. The largest absolute Gasteiger partial charge is 0.481 e. The summed E-state index contributed by atoms with van der Waals surface area (Å²) in [6.45, 7) is 8.72. The fourth-order valence-electron chi connectivity index (χ4n) is 3.19. The van der Waals surface area contributed by atoms with E-state index in [2.05, 4.69) is 24.1 Å². The van der Waals surface area contributed by atoms with Crippen LogP contribution in [0.5, 0.6) is 0 Å². The van der Waals surface area contributed by atoms with Gasteiger partial charge in [-0.05, 0) is 25.2 Å². The van der Waals surface area contributed by atoms with Crippen LogP contribution < -0.4 is 5.32 Å². The molecule has 0 radical (unpaired) electrons. The first-order chi connectivity index (χ1) is 9.90. The lowest BCUT2D eigenvalue weighted by atomic mass is 9.74. The van der Waals surface area contributed by atoms with Crippen LogP contribution >= 0.6 is 0 Å². The number of hydrogen-bond acceptors (Lipinski definition) is 3. The van der Waals surface area contributed by atoms with Gasteiger partial charge < -0.3 is 15.3 Å². The summed E-state index contributed by atoms with van der Waals surface area (Å²) in [6.07, 6.45) is 2.58. The van der Waals surface area contributed by atoms with E-state index < -0.39 is 11.5 Å². The van der Waals surface area contributed by atoms with Crippen LogP contribution in [0.25, 0.3) is 0 Å². The molecule has 0 aromatic carbocycles. The molecule has 0 aromatic rings. The van der Waals surface area contributed by atoms with Gasteiger partial charge in [-0.15, -0.1) is 0 Å². The van der Waals surface area contributed by atoms with Crippen LogP contribution in [0.2, 0.25) is 0 Å². The van der Waals surface area contributed by atoms with Crippen LogP contribution in [0.3, 0.4) is 0 Å². The molecule has 1 saturated heterocycles. The summed E-state index contributed by atoms with van der Waals surface area (Å²) in [4.78, 5) is 27.5. The number of nitrogens with zero attached hydrogens (tertiary/aromatic N) is 2. The molecule has 0 spiro atoms. The minimum Gasteiger partial charge on any atom is -0.481 e. The van der Waals surface area contributed by atoms with Gasteiger partial charge in [0.15, 0.2) is 0 Å². The van der Waals surface area contributed by atoms with Crippen molar-refractivity contribution in [2.24, 2.45) is 5.92 Å². The standard InChI is InChI=1S/C15H27N3O3/c1-12(2)11-17-6-8-18(9-7-17)14(21)16-15(4-3-5-15)10-13(19)20/h12H,3-11H2,1-2H3,(H,16,21)(H,19,20). The second-order valence-corrected chi connectivity index (χ2v) is 6.82. The van der Waals surface area contributed by atoms with Crippen molar-refractivity contribution in [3.8, 4) is 0 Å². The first-order valence-electron chi connectivity index (χ1n) is 7.91. The van der Waals surface area contributed by atoms with Gasteiger partial charge in [0.25, 0.3) is 0 Å². The van der Waals surface area contributed by atoms with E-state index in [0.29, 0.717) is 5.92 Å². The van der Waals surface area contributed by atoms with Crippen molar-refractivity contribution in [2.75, 3.05) is 32.7 Å². The Morgan fingerprint density at radius 1 is 1.19 bits per heavy atom. The summed E-state index contributed by atoms with van der Waals surface area (Å²) in [5.41, 5.74) is -0.502. The molecule has 0 unspecified atom stereocenters. The van der Waals surface area contributed by atoms with E-state index in [9.17, 15) is 9.59 Å². The van der Waals surface area contributed by atoms with Crippen LogP contribution in [0.4, 0.5) is 4.79 Å². The number of piperazine rings is 1. The molecule has 2 amide bonds. The number of rotatable bonds is 5. The summed E-state index contributed by atoms with van der Waals surface area (Å²) in [7, 11) is 0. The quantitative estimate of drug-likeness (QED) is 0.804. The lowest BCUT2D eigenvalue weighted by Gasteiger charge is -2.44. The van der Waals surface area contributed by atoms with Crippen molar-refractivity contribution in [2.45, 2.75) is 45.1 Å². The van der Waals surface area contributed by atoms with Crippen LogP contribution in [0, 0.1) is 5.92 Å². The number of carbonyl (C=O) groups excluding carboxylic acids is 1. The Hall–Kier alpha value is -1.30. The van der Waals surface area contributed by atoms with Crippen molar-refractivity contribution in [3.63, 3.8) is 0 Å². The molecule has 1 aliphatic carbocycles. The summed E-state index contributed by atoms with van der Waals surface area (Å²) < 4.78 is 0. The molecule has 2 rings (SSSR count). The average molecular weight is 297 g/mol. The maximum Gasteiger partial charge on any atom is 0.317 e. The number of amides is 2. The number of nitrogens with one attached hydrogen (secondary N) is 1. The number of carboxylic acids is 1. The van der Waals surface area contributed by atoms with Crippen molar-refractivity contribution < 1.29 is 14.7 Å². The zero-order chi connectivity index (χ0) is 15.5. The third-order valence-electron chi connectivity index (χ3n) is 4.46. The Bertz CT molecular complexity index is 386. The molecule has 21 heavy (non-hydrogen) atoms. The smallest absolute Gasteiger partial charge is 0.317 e. The highest BCUT2D eigenvalue weighted by molar-refractivity contribution is 5.77. The molecule has 1 heterocycles. The lowest BCUT2D eigenvalue weighted by molar-refractivity contribution is -0.139. The number of urea groups is 1. The van der Waals surface area contributed by atoms with Crippen molar-refractivity contribution in [1.82, 2.24) is 15.1 Å². The number of carbonyl (C=O) groups is 2. The van der Waals surface area contributed by atoms with Gasteiger partial charge in [0, 0.05) is 32.7 Å². The SMILES string of the molecule is CC(C)CN1CCN(C(=O)NC2(CC(=O)O)CCC2)CC1. The molecule has 1 saturated carbocycles. The van der Waals surface area contributed by atoms with Gasteiger partial charge in [0.1, 0.15) is 0 Å². The minimum absolute atomic E-state index is 0.0338. The lowest BCUT2D eigenvalue weighted by Crippen LogP contribution is -2.60. The average Bonchev–Trinajstić information content (AvgIpc) is 2.35. The van der Waals surface area contributed by atoms with Gasteiger partial charge in [-0.3, -0.25) is 9.69 Å². The van der Waals surface area contributed by atoms with Crippen molar-refractivity contribution in [1.29, 1.82) is 0 Å². The highest BCUT2D eigenvalue weighted by Crippen LogP contribution is 2.35. The van der Waals surface area contributed by atoms with Gasteiger partial charge in [-0.25, -0.2) is 4.79 Å². The van der Waals surface area contributed by atoms with Gasteiger partial charge in [0.2, 0.25) is 0 Å². The Morgan fingerprint density at radius 3 is 2.24 bits per heavy atom. The van der Waals surface area contributed by atoms with E-state index >= 15 is 0 Å². The molecule has 120 valence electrons. The highest BCUT2D eigenvalue weighted by atomic mass is 16.4. The monoisotopic (exact) mass is 297 g/mol. The summed E-state index contributed by atoms with van der Waals surface area (Å²) >= 11 is 0. The highest BCUT2D eigenvalue weighted by Gasteiger charge is 2.41. The third-order valence-corrected chi connectivity index (χ3v) is 4.46. The molecule has 2 N–H and O–H groups in total. The van der Waals surface area contributed by atoms with Gasteiger partial charge in [-0.2, -0.15) is 0 Å². The summed E-state index contributed by atoms with van der Waals surface area (Å²) in [5.74, 6) is -0.198. The predicted molar refractivity (Wildman–Crippen MR) is 80.2 cm³/mol. The molecule has 0 bridgehead atoms. The first-order valence-corrected chi connectivity index (χ1v) is 7.91. The fourth-order valence-corrected chi connectivity index (χ4v) is 3.19. The number of carboxylic acid groups (broad SMARTS) is 1. The fraction of sp³-hybridized carbons (Fsp3) is 0.867. The summed E-state index contributed by atoms with van der Waals surface area (Å²) in [6, 6.07) is -0.0971. The normalized spacial score (nSPS) is 22.0. The summed E-state index contributed by atoms with van der Waals surface area (Å²) in [5, 5.41) is 12.0. The second kappa shape index (κ2) is 6.64. The Balaban J connectivity index is 1.80. The molecule has 0 aromatic heterocycles. The van der Waals surface area contributed by atoms with Gasteiger partial charge in [-0.1, -0.05) is 13.8 Å². The Morgan fingerprint density at radius 2 is 1.81 bits per heavy atom. The van der Waals surface area contributed by atoms with E-state index in [-0.39, 0.29) is 12.5 Å². The third kappa shape index (κ3) is 4.33. The van der Waals surface area contributed by atoms with Gasteiger partial charge in [0.05, 0.1) is 12.0 Å². The first kappa shape index (κ1) is 16.1. The zero-order valence-corrected chi connectivity index (χ0v) is 13.1. The maximum absolute atomic E-state index is 12.3. The van der Waals surface area contributed by atoms with Gasteiger partial charge >= 0.3 is 12.0 Å². The van der Waals surface area contributed by atoms with Crippen LogP contribution in [0.1, 0.15) is 39.5 Å². The number of hydrogen-bond donors (Lipinski definition) is 2. The van der Waals surface area contributed by atoms with E-state index in [1.807, 2.05) is 4.90 Å². The molecule has 2 aliphatic rings. The van der Waals surface area contributed by atoms with Crippen molar-refractivity contribution >= 4 is 12.0 Å². The van der Waals surface area contributed by atoms with E-state index in [1.165, 1.54) is 0 Å². The molecule has 6 nitrogen and oxygen atoms in total. The van der Waals surface area contributed by atoms with E-state index in [0.717, 1.165) is 52.0 Å². The van der Waals surface area contributed by atoms with Crippen LogP contribution in [-0.2, 0) is 4.79 Å². The van der Waals surface area contributed by atoms with Crippen LogP contribution in [-0.4, -0.2) is 65.2 Å². The minimum atomic E-state index is -0.836. The Labute approximate surface area is 126 Å². The topological polar surface area (TPSA) is 72.9 Å². The molecule has 0 atom stereocenters. The second-order valence-electron chi connectivity index (χ2n) is 6.82. The van der Waals surface area contributed by atoms with Crippen LogP contribution in [0.15, 0.2) is 0 Å². The molecule has 1 aliphatic heterocycles. The molecular weight excluding hydrogens is 270 g/mol. The van der Waals surface area contributed by atoms with E-state index in [1.54, 1.807) is 0 Å². The zero-order valence-electron chi connectivity index (χ0n) is 13.1. The predicted octanol–water partition coefficient (Wildman–Crippen LogP) is 1.37. The molecule has 6 heteroatoms. The molecule has 2 fully saturated rings. The number of aliphatic carboxylic acids is 1. The Kier molecular flexibility index (Phi) is 5.08. The van der Waals surface area contributed by atoms with E-state index in [4.69, 9.17) is 5.11 Å². The molecular formula is C15H27N3O3.